The summed E-state index contributed by atoms with van der Waals surface area (Å²) in [5.74, 6) is 1.62. The molecule has 5 heteroatoms. The van der Waals surface area contributed by atoms with Crippen molar-refractivity contribution in [2.45, 2.75) is 0 Å². The topological polar surface area (TPSA) is 26.1 Å². The molecule has 330 valence electrons. The van der Waals surface area contributed by atoms with Gasteiger partial charge in [0.2, 0.25) is 0 Å². The van der Waals surface area contributed by atoms with Crippen LogP contribution in [0.3, 0.4) is 0 Å². The van der Waals surface area contributed by atoms with E-state index in [1.807, 2.05) is 12.1 Å². The molecule has 0 fully saturated rings. The van der Waals surface area contributed by atoms with Crippen LogP contribution >= 0.6 is 0 Å². The summed E-state index contributed by atoms with van der Waals surface area (Å²) in [5, 5.41) is 0. The van der Waals surface area contributed by atoms with Gasteiger partial charge in [0.05, 0.1) is 0 Å². The van der Waals surface area contributed by atoms with Crippen molar-refractivity contribution in [2.24, 2.45) is 0 Å². The molecular formula is C64H48N4O. The summed E-state index contributed by atoms with van der Waals surface area (Å²) in [6, 6.07) is 102. The molecule has 0 saturated heterocycles. The maximum atomic E-state index is 6.58. The van der Waals surface area contributed by atoms with Crippen LogP contribution < -0.4 is 19.6 Å². The van der Waals surface area contributed by atoms with Gasteiger partial charge in [-0.05, 0) is 182 Å². The van der Waals surface area contributed by atoms with Crippen molar-refractivity contribution in [1.29, 1.82) is 0 Å². The smallest absolute Gasteiger partial charge is 0.134 e. The zero-order valence-electron chi connectivity index (χ0n) is 37.9. The van der Waals surface area contributed by atoms with Crippen LogP contribution in [0.4, 0.5) is 68.2 Å². The zero-order chi connectivity index (χ0) is 46.2. The van der Waals surface area contributed by atoms with Crippen LogP contribution in [0, 0.1) is 0 Å². The Hall–Kier alpha value is -9.32. The molecule has 0 aliphatic rings. The van der Waals surface area contributed by atoms with Crippen LogP contribution in [0.5, 0.6) is 0 Å². The Labute approximate surface area is 404 Å². The van der Waals surface area contributed by atoms with Crippen LogP contribution in [0.15, 0.2) is 296 Å². The summed E-state index contributed by atoms with van der Waals surface area (Å²) in [7, 11) is 0. The molecule has 5 nitrogen and oxygen atoms in total. The minimum Gasteiger partial charge on any atom is -0.456 e. The Kier molecular flexibility index (Phi) is 12.1. The van der Waals surface area contributed by atoms with Gasteiger partial charge in [-0.25, -0.2) is 0 Å². The molecule has 10 aromatic carbocycles. The second kappa shape index (κ2) is 19.6. The van der Waals surface area contributed by atoms with Crippen LogP contribution in [-0.4, -0.2) is 0 Å². The molecule has 0 spiro atoms. The first kappa shape index (κ1) is 42.3. The number of anilines is 12. The SMILES string of the molecule is c1ccc(N(c2ccccc2)c2ccc(-c3ccc(-c4ccc(N(c5ccc(N(c6ccccc6)c6ccccc6)cc5)c5ccc(N(c6ccccc6)c6ccccc6)cc5)cc4)o3)cc2)cc1. The van der Waals surface area contributed by atoms with Gasteiger partial charge in [0.15, 0.2) is 0 Å². The van der Waals surface area contributed by atoms with Crippen LogP contribution in [-0.2, 0) is 0 Å². The molecule has 69 heavy (non-hydrogen) atoms. The molecule has 1 heterocycles. The molecule has 0 bridgehead atoms. The van der Waals surface area contributed by atoms with Crippen molar-refractivity contribution < 1.29 is 4.42 Å². The van der Waals surface area contributed by atoms with Gasteiger partial charge in [0.1, 0.15) is 11.5 Å². The third kappa shape index (κ3) is 9.13. The molecule has 11 rings (SSSR count). The first-order valence-corrected chi connectivity index (χ1v) is 23.3. The van der Waals surface area contributed by atoms with Crippen molar-refractivity contribution in [3.63, 3.8) is 0 Å². The molecule has 0 unspecified atom stereocenters. The number of hydrogen-bond acceptors (Lipinski definition) is 5. The van der Waals surface area contributed by atoms with E-state index in [-0.39, 0.29) is 0 Å². The number of furan rings is 1. The molecular weight excluding hydrogens is 841 g/mol. The van der Waals surface area contributed by atoms with Gasteiger partial charge in [-0.2, -0.15) is 0 Å². The fourth-order valence-electron chi connectivity index (χ4n) is 8.95. The van der Waals surface area contributed by atoms with Crippen molar-refractivity contribution in [3.8, 4) is 22.6 Å². The number of benzene rings is 10. The Morgan fingerprint density at radius 1 is 0.159 bits per heavy atom. The van der Waals surface area contributed by atoms with Gasteiger partial charge in [-0.15, -0.1) is 0 Å². The second-order valence-electron chi connectivity index (χ2n) is 16.6. The monoisotopic (exact) mass is 888 g/mol. The highest BCUT2D eigenvalue weighted by Gasteiger charge is 2.19. The minimum atomic E-state index is 0.805. The van der Waals surface area contributed by atoms with Gasteiger partial charge in [0.25, 0.3) is 0 Å². The van der Waals surface area contributed by atoms with Gasteiger partial charge >= 0.3 is 0 Å². The van der Waals surface area contributed by atoms with Crippen molar-refractivity contribution in [3.05, 3.63) is 291 Å². The molecule has 11 aromatic rings. The van der Waals surface area contributed by atoms with Gasteiger partial charge < -0.3 is 24.0 Å². The molecule has 0 aliphatic heterocycles. The lowest BCUT2D eigenvalue weighted by molar-refractivity contribution is 0.597. The van der Waals surface area contributed by atoms with Gasteiger partial charge in [-0.3, -0.25) is 0 Å². The standard InChI is InChI=1S/C64H48N4O/c1-7-19-51(20-8-1)65(52-21-9-2-10-22-52)57-35-31-49(32-36-57)63-47-48-64(69-63)50-33-37-58(38-34-50)68(61-43-39-59(40-44-61)66(53-23-11-3-12-24-53)54-25-13-4-14-26-54)62-45-41-60(42-46-62)67(55-27-15-5-16-28-55)56-29-17-6-18-30-56/h1-48H. The first-order valence-electron chi connectivity index (χ1n) is 23.3. The molecule has 0 aliphatic carbocycles. The van der Waals surface area contributed by atoms with Crippen molar-refractivity contribution >= 4 is 68.2 Å². The van der Waals surface area contributed by atoms with Crippen LogP contribution in [0.2, 0.25) is 0 Å². The summed E-state index contributed by atoms with van der Waals surface area (Å²) in [6.45, 7) is 0. The van der Waals surface area contributed by atoms with E-state index in [1.54, 1.807) is 0 Å². The number of nitrogens with zero attached hydrogens (tertiary/aromatic N) is 4. The molecule has 0 radical (unpaired) electrons. The molecule has 1 aromatic heterocycles. The van der Waals surface area contributed by atoms with E-state index in [1.165, 1.54) is 0 Å². The lowest BCUT2D eigenvalue weighted by atomic mass is 10.1. The third-order valence-electron chi connectivity index (χ3n) is 12.2. The van der Waals surface area contributed by atoms with E-state index in [0.717, 1.165) is 90.9 Å². The fourth-order valence-corrected chi connectivity index (χ4v) is 8.95. The predicted octanol–water partition coefficient (Wildman–Crippen LogP) is 18.5. The summed E-state index contributed by atoms with van der Waals surface area (Å²) >= 11 is 0. The van der Waals surface area contributed by atoms with Gasteiger partial charge in [-0.1, -0.05) is 109 Å². The Balaban J connectivity index is 0.916. The number of para-hydroxylation sites is 6. The highest BCUT2D eigenvalue weighted by atomic mass is 16.3. The summed E-state index contributed by atoms with van der Waals surface area (Å²) in [5.41, 5.74) is 14.9. The lowest BCUT2D eigenvalue weighted by Crippen LogP contribution is -2.13. The van der Waals surface area contributed by atoms with E-state index < -0.39 is 0 Å². The quantitative estimate of drug-likeness (QED) is 0.108. The van der Waals surface area contributed by atoms with Crippen molar-refractivity contribution in [2.75, 3.05) is 19.6 Å². The Morgan fingerprint density at radius 2 is 0.319 bits per heavy atom. The maximum Gasteiger partial charge on any atom is 0.134 e. The second-order valence-corrected chi connectivity index (χ2v) is 16.6. The summed E-state index contributed by atoms with van der Waals surface area (Å²) in [6.07, 6.45) is 0. The average molecular weight is 889 g/mol. The first-order chi connectivity index (χ1) is 34.2. The fraction of sp³-hybridized carbons (Fsp3) is 0. The number of rotatable bonds is 14. The Bertz CT molecular complexity index is 3090. The zero-order valence-corrected chi connectivity index (χ0v) is 37.9. The average Bonchev–Trinajstić information content (AvgIpc) is 3.93. The number of hydrogen-bond donors (Lipinski definition) is 0. The van der Waals surface area contributed by atoms with E-state index in [2.05, 4.69) is 299 Å². The Morgan fingerprint density at radius 3 is 0.507 bits per heavy atom. The highest BCUT2D eigenvalue weighted by Crippen LogP contribution is 2.42. The largest absolute Gasteiger partial charge is 0.456 e. The van der Waals surface area contributed by atoms with E-state index in [4.69, 9.17) is 4.42 Å². The summed E-state index contributed by atoms with van der Waals surface area (Å²) in [4.78, 5) is 9.15. The van der Waals surface area contributed by atoms with E-state index >= 15 is 0 Å². The molecule has 0 atom stereocenters. The highest BCUT2D eigenvalue weighted by molar-refractivity contribution is 5.84. The molecule has 0 saturated carbocycles. The predicted molar refractivity (Wildman–Crippen MR) is 288 cm³/mol. The molecule has 0 N–H and O–H groups in total. The van der Waals surface area contributed by atoms with E-state index in [9.17, 15) is 0 Å². The normalized spacial score (nSPS) is 10.9. The minimum absolute atomic E-state index is 0.805. The van der Waals surface area contributed by atoms with Crippen LogP contribution in [0.1, 0.15) is 0 Å². The van der Waals surface area contributed by atoms with E-state index in [0.29, 0.717) is 0 Å². The van der Waals surface area contributed by atoms with Crippen molar-refractivity contribution in [1.82, 2.24) is 0 Å². The van der Waals surface area contributed by atoms with Crippen LogP contribution in [0.25, 0.3) is 22.6 Å². The van der Waals surface area contributed by atoms with Gasteiger partial charge in [0, 0.05) is 79.4 Å². The third-order valence-corrected chi connectivity index (χ3v) is 12.2. The maximum absolute atomic E-state index is 6.58. The lowest BCUT2D eigenvalue weighted by Gasteiger charge is -2.29. The molecule has 0 amide bonds. The summed E-state index contributed by atoms with van der Waals surface area (Å²) < 4.78 is 6.58.